The van der Waals surface area contributed by atoms with Gasteiger partial charge in [0.15, 0.2) is 0 Å². The summed E-state index contributed by atoms with van der Waals surface area (Å²) in [5, 5.41) is 19.4. The van der Waals surface area contributed by atoms with Crippen LogP contribution in [0.5, 0.6) is 0 Å². The average molecular weight is 536 g/mol. The van der Waals surface area contributed by atoms with Crippen molar-refractivity contribution in [2.45, 2.75) is 70.6 Å². The highest BCUT2D eigenvalue weighted by Crippen LogP contribution is 2.34. The molecule has 5 rings (SSSR count). The molecule has 1 fully saturated rings. The summed E-state index contributed by atoms with van der Waals surface area (Å²) in [6.07, 6.45) is 6.52. The first-order valence-corrected chi connectivity index (χ1v) is 14.2. The van der Waals surface area contributed by atoms with Gasteiger partial charge in [-0.15, -0.1) is 0 Å². The quantitative estimate of drug-likeness (QED) is 0.308. The highest BCUT2D eigenvalue weighted by atomic mass is 16.5. The van der Waals surface area contributed by atoms with E-state index >= 15 is 0 Å². The third-order valence-corrected chi connectivity index (χ3v) is 7.92. The predicted molar refractivity (Wildman–Crippen MR) is 151 cm³/mol. The number of rotatable bonds is 13. The molecule has 2 atom stereocenters. The van der Waals surface area contributed by atoms with E-state index in [4.69, 9.17) is 19.6 Å². The molecular formula is C30H41N5O4. The van der Waals surface area contributed by atoms with Crippen molar-refractivity contribution in [2.75, 3.05) is 45.3 Å². The molecule has 4 heterocycles. The molecule has 39 heavy (non-hydrogen) atoms. The van der Waals surface area contributed by atoms with Crippen molar-refractivity contribution >= 4 is 22.7 Å². The lowest BCUT2D eigenvalue weighted by Crippen LogP contribution is -2.55. The van der Waals surface area contributed by atoms with Crippen LogP contribution in [0.15, 0.2) is 30.3 Å². The van der Waals surface area contributed by atoms with Crippen LogP contribution in [0, 0.1) is 6.92 Å². The lowest BCUT2D eigenvalue weighted by molar-refractivity contribution is -0.150. The summed E-state index contributed by atoms with van der Waals surface area (Å²) >= 11 is 0. The Morgan fingerprint density at radius 2 is 2.05 bits per heavy atom. The Morgan fingerprint density at radius 1 is 1.21 bits per heavy atom. The molecule has 0 aliphatic carbocycles. The molecular weight excluding hydrogens is 494 g/mol. The van der Waals surface area contributed by atoms with E-state index in [0.717, 1.165) is 72.3 Å². The first-order chi connectivity index (χ1) is 19.0. The van der Waals surface area contributed by atoms with E-state index in [-0.39, 0.29) is 12.1 Å². The zero-order chi connectivity index (χ0) is 27.4. The maximum absolute atomic E-state index is 12.5. The Hall–Kier alpha value is -3.01. The normalized spacial score (nSPS) is 17.4. The SMILES string of the molecule is COC[C@@H](C)n1nc(C)c2cccc(C(C(=O)O)N3CC(OCCCCCc4ccc5c(n4)NCCC5)C3)c21. The molecule has 2 aromatic heterocycles. The van der Waals surface area contributed by atoms with Gasteiger partial charge in [0.05, 0.1) is 30.0 Å². The summed E-state index contributed by atoms with van der Waals surface area (Å²) in [4.78, 5) is 19.3. The number of para-hydroxylation sites is 1. The molecule has 1 unspecified atom stereocenters. The van der Waals surface area contributed by atoms with Crippen LogP contribution in [0.3, 0.4) is 0 Å². The van der Waals surface area contributed by atoms with E-state index in [1.54, 1.807) is 7.11 Å². The van der Waals surface area contributed by atoms with Gasteiger partial charge in [-0.05, 0) is 57.6 Å². The van der Waals surface area contributed by atoms with Gasteiger partial charge in [0.25, 0.3) is 0 Å². The van der Waals surface area contributed by atoms with E-state index in [1.807, 2.05) is 41.6 Å². The fourth-order valence-electron chi connectivity index (χ4n) is 5.84. The summed E-state index contributed by atoms with van der Waals surface area (Å²) in [6.45, 7) is 7.44. The standard InChI is InChI=1S/C30H41N5O4/c1-20(19-38-3)35-27-25(21(2)33-35)11-7-12-26(27)28(30(36)37)34-17-24(18-34)39-16-6-4-5-10-23-14-13-22-9-8-15-31-29(22)32-23/h7,11-14,20,24,28H,4-6,8-10,15-19H2,1-3H3,(H,31,32)(H,36,37)/t20-,28?/m1/s1. The topological polar surface area (TPSA) is 102 Å². The second kappa shape index (κ2) is 12.4. The highest BCUT2D eigenvalue weighted by Gasteiger charge is 2.39. The lowest BCUT2D eigenvalue weighted by atomic mass is 9.97. The van der Waals surface area contributed by atoms with Crippen molar-refractivity contribution in [3.63, 3.8) is 0 Å². The number of pyridine rings is 1. The first kappa shape index (κ1) is 27.6. The van der Waals surface area contributed by atoms with Crippen LogP contribution in [0.1, 0.15) is 67.2 Å². The minimum Gasteiger partial charge on any atom is -0.480 e. The van der Waals surface area contributed by atoms with Gasteiger partial charge in [0, 0.05) is 50.0 Å². The molecule has 2 aliphatic rings. The van der Waals surface area contributed by atoms with E-state index in [2.05, 4.69) is 17.4 Å². The largest absolute Gasteiger partial charge is 0.480 e. The van der Waals surface area contributed by atoms with Gasteiger partial charge in [-0.3, -0.25) is 14.4 Å². The highest BCUT2D eigenvalue weighted by molar-refractivity contribution is 5.90. The Kier molecular flexibility index (Phi) is 8.79. The number of benzene rings is 1. The van der Waals surface area contributed by atoms with E-state index in [1.165, 1.54) is 12.0 Å². The number of unbranched alkanes of at least 4 members (excludes halogenated alkanes) is 2. The average Bonchev–Trinajstić information content (AvgIpc) is 3.25. The molecule has 0 spiro atoms. The molecule has 2 N–H and O–H groups in total. The molecule has 9 nitrogen and oxygen atoms in total. The summed E-state index contributed by atoms with van der Waals surface area (Å²) in [5.74, 6) is 0.216. The number of carboxylic acids is 1. The Morgan fingerprint density at radius 3 is 2.85 bits per heavy atom. The molecule has 0 bridgehead atoms. The minimum atomic E-state index is -0.850. The second-order valence-corrected chi connectivity index (χ2v) is 10.9. The molecule has 2 aliphatic heterocycles. The lowest BCUT2D eigenvalue weighted by Gasteiger charge is -2.42. The first-order valence-electron chi connectivity index (χ1n) is 14.2. The van der Waals surface area contributed by atoms with Gasteiger partial charge >= 0.3 is 5.97 Å². The molecule has 9 heteroatoms. The fourth-order valence-corrected chi connectivity index (χ4v) is 5.84. The molecule has 3 aromatic rings. The molecule has 1 saturated heterocycles. The second-order valence-electron chi connectivity index (χ2n) is 10.9. The van der Waals surface area contributed by atoms with Crippen molar-refractivity contribution in [1.29, 1.82) is 0 Å². The van der Waals surface area contributed by atoms with Crippen molar-refractivity contribution in [3.05, 3.63) is 52.8 Å². The van der Waals surface area contributed by atoms with E-state index < -0.39 is 12.0 Å². The van der Waals surface area contributed by atoms with Crippen LogP contribution in [-0.2, 0) is 27.1 Å². The zero-order valence-electron chi connectivity index (χ0n) is 23.4. The number of aryl methyl sites for hydroxylation is 3. The summed E-state index contributed by atoms with van der Waals surface area (Å²) < 4.78 is 13.4. The van der Waals surface area contributed by atoms with Gasteiger partial charge in [0.1, 0.15) is 11.9 Å². The number of aliphatic carboxylic acids is 1. The number of nitrogens with zero attached hydrogens (tertiary/aromatic N) is 4. The monoisotopic (exact) mass is 535 g/mol. The third kappa shape index (κ3) is 6.10. The van der Waals surface area contributed by atoms with Crippen molar-refractivity contribution in [3.8, 4) is 0 Å². The maximum Gasteiger partial charge on any atom is 0.325 e. The van der Waals surface area contributed by atoms with Gasteiger partial charge < -0.3 is 19.9 Å². The van der Waals surface area contributed by atoms with E-state index in [0.29, 0.717) is 26.3 Å². The number of aromatic nitrogens is 3. The van der Waals surface area contributed by atoms with Gasteiger partial charge in [0.2, 0.25) is 0 Å². The van der Waals surface area contributed by atoms with Crippen LogP contribution in [0.4, 0.5) is 5.82 Å². The summed E-state index contributed by atoms with van der Waals surface area (Å²) in [5.41, 5.74) is 5.02. The van der Waals surface area contributed by atoms with E-state index in [9.17, 15) is 9.90 Å². The number of hydrogen-bond acceptors (Lipinski definition) is 7. The third-order valence-electron chi connectivity index (χ3n) is 7.92. The molecule has 1 aromatic carbocycles. The van der Waals surface area contributed by atoms with Crippen molar-refractivity contribution in [2.24, 2.45) is 0 Å². The minimum absolute atomic E-state index is 0.00559. The number of methoxy groups -OCH3 is 1. The number of carboxylic acid groups (broad SMARTS) is 1. The number of anilines is 1. The van der Waals surface area contributed by atoms with Crippen LogP contribution < -0.4 is 5.32 Å². The molecule has 0 amide bonds. The zero-order valence-corrected chi connectivity index (χ0v) is 23.4. The fraction of sp³-hybridized carbons (Fsp3) is 0.567. The Bertz CT molecular complexity index is 1290. The van der Waals surface area contributed by atoms with Gasteiger partial charge in [-0.2, -0.15) is 5.10 Å². The van der Waals surface area contributed by atoms with Gasteiger partial charge in [-0.25, -0.2) is 4.98 Å². The maximum atomic E-state index is 12.5. The number of nitrogens with one attached hydrogen (secondary N) is 1. The van der Waals surface area contributed by atoms with Crippen molar-refractivity contribution < 1.29 is 19.4 Å². The Labute approximate surface area is 230 Å². The van der Waals surface area contributed by atoms with Gasteiger partial charge in [-0.1, -0.05) is 30.7 Å². The van der Waals surface area contributed by atoms with Crippen LogP contribution >= 0.6 is 0 Å². The number of carbonyl (C=O) groups is 1. The number of hydrogen-bond donors (Lipinski definition) is 2. The Balaban J connectivity index is 1.11. The molecule has 210 valence electrons. The number of fused-ring (bicyclic) bond motifs is 2. The molecule has 0 saturated carbocycles. The van der Waals surface area contributed by atoms with Crippen LogP contribution in [0.25, 0.3) is 10.9 Å². The van der Waals surface area contributed by atoms with Crippen molar-refractivity contribution in [1.82, 2.24) is 19.7 Å². The number of ether oxygens (including phenoxy) is 2. The predicted octanol–water partition coefficient (Wildman–Crippen LogP) is 4.54. The smallest absolute Gasteiger partial charge is 0.325 e. The summed E-state index contributed by atoms with van der Waals surface area (Å²) in [6, 6.07) is 9.49. The van der Waals surface area contributed by atoms with Crippen LogP contribution in [0.2, 0.25) is 0 Å². The number of likely N-dealkylation sites (tertiary alicyclic amines) is 1. The van der Waals surface area contributed by atoms with Crippen LogP contribution in [-0.4, -0.2) is 76.8 Å². The molecule has 0 radical (unpaired) electrons. The summed E-state index contributed by atoms with van der Waals surface area (Å²) in [7, 11) is 1.67.